The van der Waals surface area contributed by atoms with Gasteiger partial charge in [0.1, 0.15) is 0 Å². The van der Waals surface area contributed by atoms with Crippen LogP contribution in [0.15, 0.2) is 30.3 Å². The highest BCUT2D eigenvalue weighted by Gasteiger charge is 2.22. The molecular weight excluding hydrogens is 214 g/mol. The van der Waals surface area contributed by atoms with Crippen LogP contribution in [0.1, 0.15) is 18.5 Å². The predicted molar refractivity (Wildman–Crippen MR) is 61.8 cm³/mol. The van der Waals surface area contributed by atoms with Crippen molar-refractivity contribution in [3.63, 3.8) is 0 Å². The maximum atomic E-state index is 11.2. The number of carbonyl (C=O) groups is 1. The summed E-state index contributed by atoms with van der Waals surface area (Å²) in [4.78, 5) is 11.2. The highest BCUT2D eigenvalue weighted by atomic mass is 35.5. The fraction of sp³-hybridized carbons (Fsp3) is 0.364. The van der Waals surface area contributed by atoms with Crippen LogP contribution in [0.5, 0.6) is 0 Å². The van der Waals surface area contributed by atoms with E-state index in [4.69, 9.17) is 5.73 Å². The lowest BCUT2D eigenvalue weighted by molar-refractivity contribution is -0.145. The minimum Gasteiger partial charge on any atom is -0.469 e. The molecule has 0 aliphatic carbocycles. The Morgan fingerprint density at radius 2 is 1.87 bits per heavy atom. The Hall–Kier alpha value is -1.06. The quantitative estimate of drug-likeness (QED) is 0.806. The van der Waals surface area contributed by atoms with E-state index < -0.39 is 0 Å². The van der Waals surface area contributed by atoms with Crippen LogP contribution in [0.3, 0.4) is 0 Å². The number of ether oxygens (including phenoxy) is 1. The van der Waals surface area contributed by atoms with Crippen LogP contribution in [0.2, 0.25) is 0 Å². The average Bonchev–Trinajstić information content (AvgIpc) is 2.27. The highest BCUT2D eigenvalue weighted by molar-refractivity contribution is 5.85. The van der Waals surface area contributed by atoms with Gasteiger partial charge in [0.05, 0.1) is 13.0 Å². The van der Waals surface area contributed by atoms with Crippen LogP contribution >= 0.6 is 12.4 Å². The summed E-state index contributed by atoms with van der Waals surface area (Å²) in [6.07, 6.45) is 0. The van der Waals surface area contributed by atoms with E-state index in [1.54, 1.807) is 6.92 Å². The van der Waals surface area contributed by atoms with Gasteiger partial charge in [0, 0.05) is 6.04 Å². The lowest BCUT2D eigenvalue weighted by Crippen LogP contribution is -2.26. The Balaban J connectivity index is 0.00000196. The van der Waals surface area contributed by atoms with E-state index in [-0.39, 0.29) is 30.3 Å². The third kappa shape index (κ3) is 3.53. The topological polar surface area (TPSA) is 52.3 Å². The van der Waals surface area contributed by atoms with Gasteiger partial charge in [-0.15, -0.1) is 12.4 Å². The molecule has 0 aliphatic heterocycles. The lowest BCUT2D eigenvalue weighted by Gasteiger charge is -2.17. The molecule has 0 aliphatic rings. The van der Waals surface area contributed by atoms with E-state index in [1.807, 2.05) is 30.3 Å². The van der Waals surface area contributed by atoms with Crippen LogP contribution < -0.4 is 5.73 Å². The predicted octanol–water partition coefficient (Wildman–Crippen LogP) is 1.92. The standard InChI is InChI=1S/C11H15NO2.ClH/c1-8(11(13)14-2)10(12)9-6-4-3-5-7-9;/h3-8,10H,12H2,1-2H3;1H/t8-,10+;/m0./s1. The Morgan fingerprint density at radius 1 is 1.33 bits per heavy atom. The first kappa shape index (κ1) is 13.9. The SMILES string of the molecule is COC(=O)[C@@H](C)[C@@H](N)c1ccccc1.Cl. The molecule has 0 unspecified atom stereocenters. The number of nitrogens with two attached hydrogens (primary N) is 1. The summed E-state index contributed by atoms with van der Waals surface area (Å²) < 4.78 is 4.64. The smallest absolute Gasteiger partial charge is 0.310 e. The second-order valence-corrected chi connectivity index (χ2v) is 3.25. The molecule has 4 heteroatoms. The molecule has 2 atom stereocenters. The molecule has 2 N–H and O–H groups in total. The van der Waals surface area contributed by atoms with Gasteiger partial charge in [-0.1, -0.05) is 37.3 Å². The van der Waals surface area contributed by atoms with Crippen LogP contribution in [-0.2, 0) is 9.53 Å². The lowest BCUT2D eigenvalue weighted by atomic mass is 9.96. The molecular formula is C11H16ClNO2. The number of methoxy groups -OCH3 is 1. The monoisotopic (exact) mass is 229 g/mol. The molecule has 0 radical (unpaired) electrons. The van der Waals surface area contributed by atoms with E-state index in [2.05, 4.69) is 4.74 Å². The van der Waals surface area contributed by atoms with Gasteiger partial charge < -0.3 is 10.5 Å². The number of hydrogen-bond acceptors (Lipinski definition) is 3. The zero-order valence-corrected chi connectivity index (χ0v) is 9.66. The summed E-state index contributed by atoms with van der Waals surface area (Å²) in [5.74, 6) is -0.594. The number of halogens is 1. The largest absolute Gasteiger partial charge is 0.469 e. The Labute approximate surface area is 96.0 Å². The van der Waals surface area contributed by atoms with Gasteiger partial charge in [-0.3, -0.25) is 4.79 Å². The van der Waals surface area contributed by atoms with E-state index in [0.29, 0.717) is 0 Å². The minimum absolute atomic E-state index is 0. The van der Waals surface area contributed by atoms with Crippen LogP contribution in [0, 0.1) is 5.92 Å². The van der Waals surface area contributed by atoms with Crippen molar-refractivity contribution in [2.75, 3.05) is 7.11 Å². The molecule has 84 valence electrons. The van der Waals surface area contributed by atoms with Gasteiger partial charge >= 0.3 is 5.97 Å². The van der Waals surface area contributed by atoms with Crippen molar-refractivity contribution in [2.24, 2.45) is 11.7 Å². The van der Waals surface area contributed by atoms with Gasteiger partial charge in [0.25, 0.3) is 0 Å². The molecule has 1 aromatic rings. The van der Waals surface area contributed by atoms with Crippen molar-refractivity contribution >= 4 is 18.4 Å². The third-order valence-corrected chi connectivity index (χ3v) is 2.30. The molecule has 0 fully saturated rings. The molecule has 0 heterocycles. The van der Waals surface area contributed by atoms with Crippen molar-refractivity contribution in [1.82, 2.24) is 0 Å². The van der Waals surface area contributed by atoms with Crippen molar-refractivity contribution in [2.45, 2.75) is 13.0 Å². The molecule has 1 rings (SSSR count). The summed E-state index contributed by atoms with van der Waals surface area (Å²) in [5, 5.41) is 0. The van der Waals surface area contributed by atoms with Crippen molar-refractivity contribution < 1.29 is 9.53 Å². The molecule has 3 nitrogen and oxygen atoms in total. The maximum absolute atomic E-state index is 11.2. The van der Waals surface area contributed by atoms with Gasteiger partial charge in [0.2, 0.25) is 0 Å². The molecule has 0 aromatic heterocycles. The summed E-state index contributed by atoms with van der Waals surface area (Å²) in [6.45, 7) is 1.77. The molecule has 0 bridgehead atoms. The minimum atomic E-state index is -0.317. The van der Waals surface area contributed by atoms with E-state index >= 15 is 0 Å². The second-order valence-electron chi connectivity index (χ2n) is 3.25. The number of hydrogen-bond donors (Lipinski definition) is 1. The zero-order valence-electron chi connectivity index (χ0n) is 8.84. The second kappa shape index (κ2) is 6.43. The van der Waals surface area contributed by atoms with E-state index in [1.165, 1.54) is 7.11 Å². The summed E-state index contributed by atoms with van der Waals surface area (Å²) in [6, 6.07) is 9.23. The normalized spacial score (nSPS) is 13.5. The summed E-state index contributed by atoms with van der Waals surface area (Å²) in [5.41, 5.74) is 6.86. The molecule has 0 saturated carbocycles. The average molecular weight is 230 g/mol. The number of carbonyl (C=O) groups excluding carboxylic acids is 1. The van der Waals surface area contributed by atoms with Gasteiger partial charge in [-0.2, -0.15) is 0 Å². The number of rotatable bonds is 3. The van der Waals surface area contributed by atoms with Gasteiger partial charge in [-0.25, -0.2) is 0 Å². The van der Waals surface area contributed by atoms with Crippen LogP contribution in [0.4, 0.5) is 0 Å². The first-order valence-electron chi connectivity index (χ1n) is 4.55. The summed E-state index contributed by atoms with van der Waals surface area (Å²) in [7, 11) is 1.37. The summed E-state index contributed by atoms with van der Waals surface area (Å²) >= 11 is 0. The van der Waals surface area contributed by atoms with Crippen molar-refractivity contribution in [3.05, 3.63) is 35.9 Å². The molecule has 15 heavy (non-hydrogen) atoms. The van der Waals surface area contributed by atoms with E-state index in [0.717, 1.165) is 5.56 Å². The fourth-order valence-electron chi connectivity index (χ4n) is 1.30. The first-order chi connectivity index (χ1) is 6.66. The molecule has 1 aromatic carbocycles. The molecule has 0 amide bonds. The van der Waals surface area contributed by atoms with Gasteiger partial charge in [-0.05, 0) is 5.56 Å². The van der Waals surface area contributed by atoms with Crippen molar-refractivity contribution in [3.8, 4) is 0 Å². The molecule has 0 saturated heterocycles. The maximum Gasteiger partial charge on any atom is 0.310 e. The number of benzene rings is 1. The first-order valence-corrected chi connectivity index (χ1v) is 4.55. The van der Waals surface area contributed by atoms with Gasteiger partial charge in [0.15, 0.2) is 0 Å². The molecule has 0 spiro atoms. The van der Waals surface area contributed by atoms with Crippen LogP contribution in [-0.4, -0.2) is 13.1 Å². The highest BCUT2D eigenvalue weighted by Crippen LogP contribution is 2.19. The third-order valence-electron chi connectivity index (χ3n) is 2.30. The number of esters is 1. The fourth-order valence-corrected chi connectivity index (χ4v) is 1.30. The Bertz CT molecular complexity index is 303. The Morgan fingerprint density at radius 3 is 2.33 bits per heavy atom. The Kier molecular flexibility index (Phi) is 5.97. The van der Waals surface area contributed by atoms with Crippen LogP contribution in [0.25, 0.3) is 0 Å². The van der Waals surface area contributed by atoms with Crippen molar-refractivity contribution in [1.29, 1.82) is 0 Å². The van der Waals surface area contributed by atoms with E-state index in [9.17, 15) is 4.79 Å². The zero-order chi connectivity index (χ0) is 10.6.